The van der Waals surface area contributed by atoms with Crippen LogP contribution in [-0.4, -0.2) is 109 Å². The number of anilines is 2. The molecule has 1 atom stereocenters. The number of amides is 2. The van der Waals surface area contributed by atoms with Crippen LogP contribution in [0.1, 0.15) is 23.7 Å². The number of morpholine rings is 1. The number of halogens is 2. The van der Waals surface area contributed by atoms with Crippen LogP contribution in [0.25, 0.3) is 0 Å². The van der Waals surface area contributed by atoms with Gasteiger partial charge in [-0.15, -0.1) is 0 Å². The summed E-state index contributed by atoms with van der Waals surface area (Å²) in [6, 6.07) is 5.43. The number of nitrogens with zero attached hydrogens (tertiary/aromatic N) is 6. The largest absolute Gasteiger partial charge is 0.374 e. The lowest BCUT2D eigenvalue weighted by Gasteiger charge is -2.39. The predicted molar refractivity (Wildman–Crippen MR) is 155 cm³/mol. The third-order valence-corrected chi connectivity index (χ3v) is 8.17. The quantitative estimate of drug-likeness (QED) is 0.520. The molecule has 212 valence electrons. The number of urea groups is 1. The number of hydrogen-bond donors (Lipinski definition) is 2. The van der Waals surface area contributed by atoms with Crippen LogP contribution in [0.2, 0.25) is 10.0 Å². The van der Waals surface area contributed by atoms with E-state index in [1.165, 1.54) is 0 Å². The lowest BCUT2D eigenvalue weighted by Crippen LogP contribution is -2.52. The molecule has 2 amide bonds. The third kappa shape index (κ3) is 7.05. The van der Waals surface area contributed by atoms with E-state index in [1.807, 2.05) is 24.0 Å². The van der Waals surface area contributed by atoms with Crippen molar-refractivity contribution in [3.8, 4) is 0 Å². The summed E-state index contributed by atoms with van der Waals surface area (Å²) in [4.78, 5) is 31.5. The van der Waals surface area contributed by atoms with Crippen molar-refractivity contribution in [2.45, 2.75) is 32.5 Å². The molecule has 2 saturated heterocycles. The number of likely N-dealkylation sites (N-methyl/N-ethyl adjacent to an activating group) is 1. The first-order valence-corrected chi connectivity index (χ1v) is 14.5. The molecule has 0 aliphatic carbocycles. The average molecular weight is 578 g/mol. The number of benzene rings is 1. The van der Waals surface area contributed by atoms with Gasteiger partial charge in [-0.25, -0.2) is 9.78 Å². The Balaban J connectivity index is 1.31. The monoisotopic (exact) mass is 576 g/mol. The molecular formula is C27H38Cl2N8O2. The van der Waals surface area contributed by atoms with Crippen LogP contribution >= 0.6 is 23.2 Å². The van der Waals surface area contributed by atoms with Gasteiger partial charge in [-0.1, -0.05) is 29.3 Å². The Kier molecular flexibility index (Phi) is 9.29. The van der Waals surface area contributed by atoms with Gasteiger partial charge < -0.3 is 30.1 Å². The van der Waals surface area contributed by atoms with Crippen molar-refractivity contribution in [2.24, 2.45) is 0 Å². The highest BCUT2D eigenvalue weighted by atomic mass is 35.5. The zero-order chi connectivity index (χ0) is 27.4. The number of hydrogen-bond acceptors (Lipinski definition) is 8. The number of ether oxygens (including phenoxy) is 1. The van der Waals surface area contributed by atoms with E-state index >= 15 is 0 Å². The lowest BCUT2D eigenvalue weighted by atomic mass is 10.1. The molecule has 1 aromatic heterocycles. The van der Waals surface area contributed by atoms with Crippen molar-refractivity contribution >= 4 is 41.0 Å². The molecule has 2 aromatic rings. The number of aromatic nitrogens is 2. The van der Waals surface area contributed by atoms with Gasteiger partial charge in [0.1, 0.15) is 5.82 Å². The Morgan fingerprint density at radius 3 is 2.69 bits per heavy atom. The van der Waals surface area contributed by atoms with Gasteiger partial charge in [-0.05, 0) is 31.7 Å². The van der Waals surface area contributed by atoms with Crippen LogP contribution in [0.15, 0.2) is 18.2 Å². The summed E-state index contributed by atoms with van der Waals surface area (Å²) >= 11 is 12.5. The fourth-order valence-corrected chi connectivity index (χ4v) is 5.84. The second kappa shape index (κ2) is 12.9. The van der Waals surface area contributed by atoms with Gasteiger partial charge in [-0.3, -0.25) is 4.90 Å². The maximum absolute atomic E-state index is 12.6. The summed E-state index contributed by atoms with van der Waals surface area (Å²) < 4.78 is 5.98. The summed E-state index contributed by atoms with van der Waals surface area (Å²) in [5.41, 5.74) is 2.88. The highest BCUT2D eigenvalue weighted by molar-refractivity contribution is 6.35. The molecular weight excluding hydrogens is 539 g/mol. The number of fused-ring (bicyclic) bond motifs is 1. The molecule has 5 rings (SSSR count). The van der Waals surface area contributed by atoms with Gasteiger partial charge in [0.05, 0.1) is 24.9 Å². The molecule has 3 aliphatic rings. The third-order valence-electron chi connectivity index (χ3n) is 7.58. The minimum atomic E-state index is -0.0665. The van der Waals surface area contributed by atoms with Crippen molar-refractivity contribution in [3.63, 3.8) is 0 Å². The number of nitrogens with one attached hydrogen (secondary N) is 2. The zero-order valence-corrected chi connectivity index (χ0v) is 24.3. The summed E-state index contributed by atoms with van der Waals surface area (Å²) in [5.74, 6) is 1.48. The fourth-order valence-electron chi connectivity index (χ4n) is 5.36. The second-order valence-corrected chi connectivity index (χ2v) is 11.3. The summed E-state index contributed by atoms with van der Waals surface area (Å²) in [6.45, 7) is 11.4. The van der Waals surface area contributed by atoms with E-state index in [1.54, 1.807) is 6.07 Å². The zero-order valence-electron chi connectivity index (χ0n) is 22.8. The lowest BCUT2D eigenvalue weighted by molar-refractivity contribution is -0.0361. The molecule has 4 heterocycles. The molecule has 39 heavy (non-hydrogen) atoms. The summed E-state index contributed by atoms with van der Waals surface area (Å²) in [5, 5.41) is 7.60. The number of rotatable bonds is 7. The molecule has 1 aromatic carbocycles. The summed E-state index contributed by atoms with van der Waals surface area (Å²) in [6.07, 6.45) is 0.948. The average Bonchev–Trinajstić information content (AvgIpc) is 2.92. The van der Waals surface area contributed by atoms with Crippen molar-refractivity contribution in [1.82, 2.24) is 30.0 Å². The molecule has 0 radical (unpaired) electrons. The fraction of sp³-hybridized carbons (Fsp3) is 0.593. The molecule has 2 N–H and O–H groups in total. The Hall–Kier alpha value is -2.37. The number of carbonyl (C=O) groups is 1. The van der Waals surface area contributed by atoms with Crippen molar-refractivity contribution in [1.29, 1.82) is 0 Å². The Labute approximate surface area is 240 Å². The normalized spacial score (nSPS) is 20.6. The van der Waals surface area contributed by atoms with Gasteiger partial charge >= 0.3 is 6.03 Å². The van der Waals surface area contributed by atoms with E-state index < -0.39 is 0 Å². The van der Waals surface area contributed by atoms with Crippen LogP contribution in [-0.2, 0) is 24.2 Å². The van der Waals surface area contributed by atoms with E-state index in [0.29, 0.717) is 42.6 Å². The highest BCUT2D eigenvalue weighted by Gasteiger charge is 2.29. The molecule has 10 nitrogen and oxygen atoms in total. The van der Waals surface area contributed by atoms with Gasteiger partial charge in [0.25, 0.3) is 0 Å². The smallest absolute Gasteiger partial charge is 0.317 e. The van der Waals surface area contributed by atoms with Crippen LogP contribution in [0.5, 0.6) is 0 Å². The highest BCUT2D eigenvalue weighted by Crippen LogP contribution is 2.29. The van der Waals surface area contributed by atoms with E-state index in [2.05, 4.69) is 32.4 Å². The van der Waals surface area contributed by atoms with Crippen molar-refractivity contribution in [3.05, 3.63) is 45.1 Å². The molecule has 2 fully saturated rings. The maximum atomic E-state index is 12.6. The number of piperazine rings is 1. The molecule has 12 heteroatoms. The van der Waals surface area contributed by atoms with Gasteiger partial charge in [0, 0.05) is 87.5 Å². The SMILES string of the molecule is CCNC(=O)N1CCc2nc(N3CCN(CC4CN(C)CCO4)CC3)nc(NCc3ccc(Cl)cc3Cl)c2C1. The van der Waals surface area contributed by atoms with Crippen molar-refractivity contribution < 1.29 is 9.53 Å². The minimum absolute atomic E-state index is 0.0665. The summed E-state index contributed by atoms with van der Waals surface area (Å²) in [7, 11) is 2.16. The molecule has 0 saturated carbocycles. The standard InChI is InChI=1S/C27H38Cl2N8O2/c1-3-30-27(38)37-7-6-24-22(18-37)25(31-15-19-4-5-20(28)14-23(19)29)33-26(32-24)36-10-8-35(9-11-36)17-21-16-34(2)12-13-39-21/h4-5,14,21H,3,6-13,15-18H2,1-2H3,(H,30,38)(H,31,32,33). The predicted octanol–water partition coefficient (Wildman–Crippen LogP) is 2.94. The second-order valence-electron chi connectivity index (χ2n) is 10.4. The van der Waals surface area contributed by atoms with Gasteiger partial charge in [-0.2, -0.15) is 4.98 Å². The van der Waals surface area contributed by atoms with Gasteiger partial charge in [0.15, 0.2) is 0 Å². The first-order chi connectivity index (χ1) is 18.9. The van der Waals surface area contributed by atoms with Crippen LogP contribution in [0.4, 0.5) is 16.6 Å². The molecule has 1 unspecified atom stereocenters. The Bertz CT molecular complexity index is 1160. The van der Waals surface area contributed by atoms with Crippen LogP contribution < -0.4 is 15.5 Å². The first-order valence-electron chi connectivity index (χ1n) is 13.8. The Morgan fingerprint density at radius 1 is 1.13 bits per heavy atom. The van der Waals surface area contributed by atoms with Crippen molar-refractivity contribution in [2.75, 3.05) is 82.8 Å². The minimum Gasteiger partial charge on any atom is -0.374 e. The molecule has 0 spiro atoms. The Morgan fingerprint density at radius 2 is 1.95 bits per heavy atom. The molecule has 3 aliphatic heterocycles. The van der Waals surface area contributed by atoms with E-state index in [0.717, 1.165) is 81.0 Å². The van der Waals surface area contributed by atoms with E-state index in [-0.39, 0.29) is 12.1 Å². The topological polar surface area (TPSA) is 89.1 Å². The van der Waals surface area contributed by atoms with Crippen LogP contribution in [0, 0.1) is 0 Å². The van der Waals surface area contributed by atoms with Crippen LogP contribution in [0.3, 0.4) is 0 Å². The van der Waals surface area contributed by atoms with E-state index in [9.17, 15) is 4.79 Å². The number of carbonyl (C=O) groups excluding carboxylic acids is 1. The first kappa shape index (κ1) is 28.2. The maximum Gasteiger partial charge on any atom is 0.317 e. The molecule has 0 bridgehead atoms. The van der Waals surface area contributed by atoms with Gasteiger partial charge in [0.2, 0.25) is 5.95 Å². The van der Waals surface area contributed by atoms with E-state index in [4.69, 9.17) is 37.9 Å².